The molecule has 2 unspecified atom stereocenters. The lowest BCUT2D eigenvalue weighted by Crippen LogP contribution is -2.57. The van der Waals surface area contributed by atoms with E-state index in [0.29, 0.717) is 13.0 Å². The minimum absolute atomic E-state index is 0.327. The van der Waals surface area contributed by atoms with Gasteiger partial charge in [-0.2, -0.15) is 0 Å². The first-order valence-electron chi connectivity index (χ1n) is 4.21. The Morgan fingerprint density at radius 3 is 2.21 bits per heavy atom. The zero-order valence-corrected chi connectivity index (χ0v) is 7.64. The van der Waals surface area contributed by atoms with Gasteiger partial charge in [-0.05, 0) is 13.3 Å². The lowest BCUT2D eigenvalue weighted by Gasteiger charge is -2.38. The summed E-state index contributed by atoms with van der Waals surface area (Å²) in [5, 5.41) is 17.2. The van der Waals surface area contributed by atoms with Crippen LogP contribution in [0.2, 0.25) is 0 Å². The van der Waals surface area contributed by atoms with Crippen LogP contribution in [0.3, 0.4) is 0 Å². The third-order valence-corrected chi connectivity index (χ3v) is 2.33. The fourth-order valence-electron chi connectivity index (χ4n) is 1.26. The number of rotatable bonds is 3. The largest absolute Gasteiger partial charge is 0.481 e. The van der Waals surface area contributed by atoms with Gasteiger partial charge in [-0.25, -0.2) is 4.79 Å². The molecule has 1 saturated heterocycles. The Morgan fingerprint density at radius 2 is 1.93 bits per heavy atom. The van der Waals surface area contributed by atoms with Crippen molar-refractivity contribution in [2.24, 2.45) is 5.92 Å². The first-order chi connectivity index (χ1) is 6.45. The molecule has 0 aromatic heterocycles. The standard InChI is InChI=1S/C8H11NO5/c1-4(7(11)12)6(10)9-3-2-5(9)8(13)14/h4-5H,2-3H2,1H3,(H,11,12)(H,13,14). The fraction of sp³-hybridized carbons (Fsp3) is 0.625. The van der Waals surface area contributed by atoms with E-state index in [0.717, 1.165) is 4.90 Å². The van der Waals surface area contributed by atoms with Gasteiger partial charge in [0.05, 0.1) is 0 Å². The summed E-state index contributed by atoms with van der Waals surface area (Å²) < 4.78 is 0. The normalized spacial score (nSPS) is 22.4. The smallest absolute Gasteiger partial charge is 0.326 e. The lowest BCUT2D eigenvalue weighted by molar-refractivity contribution is -0.163. The molecule has 2 N–H and O–H groups in total. The summed E-state index contributed by atoms with van der Waals surface area (Å²) in [4.78, 5) is 33.5. The van der Waals surface area contributed by atoms with Gasteiger partial charge in [0.25, 0.3) is 0 Å². The molecule has 14 heavy (non-hydrogen) atoms. The number of carbonyl (C=O) groups is 3. The molecule has 1 aliphatic heterocycles. The average molecular weight is 201 g/mol. The monoisotopic (exact) mass is 201 g/mol. The van der Waals surface area contributed by atoms with Crippen LogP contribution in [0.1, 0.15) is 13.3 Å². The highest BCUT2D eigenvalue weighted by Gasteiger charge is 2.40. The molecule has 1 rings (SSSR count). The summed E-state index contributed by atoms with van der Waals surface area (Å²) in [5.74, 6) is -4.11. The summed E-state index contributed by atoms with van der Waals surface area (Å²) in [6.07, 6.45) is 0.396. The number of likely N-dealkylation sites (tertiary alicyclic amines) is 1. The van der Waals surface area contributed by atoms with Crippen LogP contribution in [-0.4, -0.2) is 45.5 Å². The van der Waals surface area contributed by atoms with Crippen LogP contribution in [0.25, 0.3) is 0 Å². The number of aliphatic carboxylic acids is 2. The number of nitrogens with zero attached hydrogens (tertiary/aromatic N) is 1. The first kappa shape index (κ1) is 10.5. The Hall–Kier alpha value is -1.59. The van der Waals surface area contributed by atoms with Crippen molar-refractivity contribution in [1.82, 2.24) is 4.90 Å². The van der Waals surface area contributed by atoms with Crippen molar-refractivity contribution in [3.63, 3.8) is 0 Å². The fourth-order valence-corrected chi connectivity index (χ4v) is 1.26. The molecule has 6 nitrogen and oxygen atoms in total. The van der Waals surface area contributed by atoms with E-state index in [-0.39, 0.29) is 0 Å². The third-order valence-electron chi connectivity index (χ3n) is 2.33. The van der Waals surface area contributed by atoms with Crippen molar-refractivity contribution in [3.05, 3.63) is 0 Å². The number of carboxylic acids is 2. The van der Waals surface area contributed by atoms with Crippen LogP contribution in [0, 0.1) is 5.92 Å². The topological polar surface area (TPSA) is 94.9 Å². The van der Waals surface area contributed by atoms with Gasteiger partial charge >= 0.3 is 11.9 Å². The molecule has 0 radical (unpaired) electrons. The predicted octanol–water partition coefficient (Wildman–Crippen LogP) is -0.607. The second-order valence-corrected chi connectivity index (χ2v) is 3.23. The highest BCUT2D eigenvalue weighted by Crippen LogP contribution is 2.20. The zero-order valence-electron chi connectivity index (χ0n) is 7.64. The Labute approximate surface area is 80.1 Å². The summed E-state index contributed by atoms with van der Waals surface area (Å²) in [5.41, 5.74) is 0. The first-order valence-corrected chi connectivity index (χ1v) is 4.21. The molecule has 1 aliphatic rings. The molecule has 0 bridgehead atoms. The van der Waals surface area contributed by atoms with Gasteiger partial charge in [0, 0.05) is 6.54 Å². The zero-order chi connectivity index (χ0) is 10.9. The van der Waals surface area contributed by atoms with Crippen molar-refractivity contribution in [3.8, 4) is 0 Å². The van der Waals surface area contributed by atoms with Crippen LogP contribution in [0.4, 0.5) is 0 Å². The number of carbonyl (C=O) groups excluding carboxylic acids is 1. The Balaban J connectivity index is 2.62. The van der Waals surface area contributed by atoms with E-state index < -0.39 is 29.8 Å². The molecule has 0 aliphatic carbocycles. The van der Waals surface area contributed by atoms with Crippen LogP contribution in [0.5, 0.6) is 0 Å². The Kier molecular flexibility index (Phi) is 2.73. The average Bonchev–Trinajstić information content (AvgIpc) is 1.99. The number of hydrogen-bond donors (Lipinski definition) is 2. The maximum absolute atomic E-state index is 11.4. The van der Waals surface area contributed by atoms with E-state index in [1.54, 1.807) is 0 Å². The van der Waals surface area contributed by atoms with Crippen molar-refractivity contribution < 1.29 is 24.6 Å². The van der Waals surface area contributed by atoms with Gasteiger partial charge < -0.3 is 15.1 Å². The van der Waals surface area contributed by atoms with Crippen LogP contribution >= 0.6 is 0 Å². The highest BCUT2D eigenvalue weighted by atomic mass is 16.4. The van der Waals surface area contributed by atoms with Crippen molar-refractivity contribution in [1.29, 1.82) is 0 Å². The van der Waals surface area contributed by atoms with Crippen molar-refractivity contribution in [2.45, 2.75) is 19.4 Å². The molecule has 6 heteroatoms. The Morgan fingerprint density at radius 1 is 1.36 bits per heavy atom. The second-order valence-electron chi connectivity index (χ2n) is 3.23. The van der Waals surface area contributed by atoms with Gasteiger partial charge in [-0.15, -0.1) is 0 Å². The molecule has 0 aromatic carbocycles. The van der Waals surface area contributed by atoms with Gasteiger partial charge in [0.1, 0.15) is 12.0 Å². The number of amides is 1. The predicted molar refractivity (Wildman–Crippen MR) is 44.6 cm³/mol. The van der Waals surface area contributed by atoms with Crippen LogP contribution in [0.15, 0.2) is 0 Å². The second kappa shape index (κ2) is 3.65. The molecular weight excluding hydrogens is 190 g/mol. The molecule has 1 amide bonds. The maximum atomic E-state index is 11.4. The number of hydrogen-bond acceptors (Lipinski definition) is 3. The lowest BCUT2D eigenvalue weighted by atomic mass is 10.00. The van der Waals surface area contributed by atoms with E-state index in [9.17, 15) is 14.4 Å². The van der Waals surface area contributed by atoms with Gasteiger partial charge in [-0.3, -0.25) is 9.59 Å². The molecule has 0 saturated carbocycles. The van der Waals surface area contributed by atoms with Gasteiger partial charge in [-0.1, -0.05) is 0 Å². The number of carboxylic acid groups (broad SMARTS) is 2. The van der Waals surface area contributed by atoms with E-state index in [2.05, 4.69) is 0 Å². The van der Waals surface area contributed by atoms with E-state index in [4.69, 9.17) is 10.2 Å². The van der Waals surface area contributed by atoms with Crippen molar-refractivity contribution >= 4 is 17.8 Å². The quantitative estimate of drug-likeness (QED) is 0.594. The molecule has 1 heterocycles. The minimum Gasteiger partial charge on any atom is -0.481 e. The van der Waals surface area contributed by atoms with Crippen molar-refractivity contribution in [2.75, 3.05) is 6.54 Å². The molecular formula is C8H11NO5. The van der Waals surface area contributed by atoms with Crippen LogP contribution < -0.4 is 0 Å². The molecule has 0 aromatic rings. The van der Waals surface area contributed by atoms with Crippen LogP contribution in [-0.2, 0) is 14.4 Å². The highest BCUT2D eigenvalue weighted by molar-refractivity contribution is 5.98. The SMILES string of the molecule is CC(C(=O)O)C(=O)N1CCC1C(=O)O. The molecule has 1 fully saturated rings. The van der Waals surface area contributed by atoms with E-state index in [1.165, 1.54) is 6.92 Å². The Bertz CT molecular complexity index is 287. The summed E-state index contributed by atoms with van der Waals surface area (Å²) in [6, 6.07) is -0.843. The summed E-state index contributed by atoms with van der Waals surface area (Å²) >= 11 is 0. The minimum atomic E-state index is -1.23. The maximum Gasteiger partial charge on any atom is 0.326 e. The van der Waals surface area contributed by atoms with E-state index in [1.807, 2.05) is 0 Å². The molecule has 2 atom stereocenters. The van der Waals surface area contributed by atoms with Gasteiger partial charge in [0.2, 0.25) is 5.91 Å². The van der Waals surface area contributed by atoms with E-state index >= 15 is 0 Å². The molecule has 0 spiro atoms. The summed E-state index contributed by atoms with van der Waals surface area (Å²) in [6.45, 7) is 1.58. The van der Waals surface area contributed by atoms with Gasteiger partial charge in [0.15, 0.2) is 0 Å². The third kappa shape index (κ3) is 1.68. The summed E-state index contributed by atoms with van der Waals surface area (Å²) in [7, 11) is 0. The molecule has 78 valence electrons.